The van der Waals surface area contributed by atoms with E-state index in [1.165, 1.54) is 17.9 Å². The van der Waals surface area contributed by atoms with Crippen LogP contribution in [0.4, 0.5) is 5.69 Å². The van der Waals surface area contributed by atoms with E-state index >= 15 is 0 Å². The summed E-state index contributed by atoms with van der Waals surface area (Å²) in [6.07, 6.45) is 1.68. The molecule has 0 radical (unpaired) electrons. The second-order valence-electron chi connectivity index (χ2n) is 3.51. The fourth-order valence-electron chi connectivity index (χ4n) is 1.52. The van der Waals surface area contributed by atoms with Gasteiger partial charge in [0.05, 0.1) is 17.7 Å². The van der Waals surface area contributed by atoms with Gasteiger partial charge in [-0.2, -0.15) is 5.10 Å². The Morgan fingerprint density at radius 3 is 2.71 bits per heavy atom. The quantitative estimate of drug-likeness (QED) is 0.601. The molecule has 0 atom stereocenters. The highest BCUT2D eigenvalue weighted by Gasteiger charge is 2.16. The van der Waals surface area contributed by atoms with E-state index in [1.54, 1.807) is 24.4 Å². The summed E-state index contributed by atoms with van der Waals surface area (Å²) in [5.74, 6) is 0.554. The number of ether oxygens (including phenoxy) is 1. The molecule has 0 N–H and O–H groups in total. The van der Waals surface area contributed by atoms with Crippen LogP contribution in [0.5, 0.6) is 5.75 Å². The molecule has 0 saturated heterocycles. The van der Waals surface area contributed by atoms with Crippen molar-refractivity contribution >= 4 is 5.69 Å². The van der Waals surface area contributed by atoms with Crippen LogP contribution in [-0.4, -0.2) is 21.8 Å². The Bertz CT molecular complexity index is 563. The molecule has 1 aromatic heterocycles. The van der Waals surface area contributed by atoms with Gasteiger partial charge in [0.1, 0.15) is 11.4 Å². The Morgan fingerprint density at radius 2 is 2.18 bits per heavy atom. The zero-order valence-electron chi connectivity index (χ0n) is 9.45. The SMILES string of the molecule is COc1ccc([N+](=O)[O-])c(-n2ccc(C)n2)c1. The summed E-state index contributed by atoms with van der Waals surface area (Å²) in [5, 5.41) is 15.1. The van der Waals surface area contributed by atoms with Gasteiger partial charge in [-0.15, -0.1) is 0 Å². The van der Waals surface area contributed by atoms with Gasteiger partial charge in [-0.3, -0.25) is 10.1 Å². The van der Waals surface area contributed by atoms with Crippen molar-refractivity contribution in [3.63, 3.8) is 0 Å². The highest BCUT2D eigenvalue weighted by atomic mass is 16.6. The van der Waals surface area contributed by atoms with Crippen molar-refractivity contribution in [2.75, 3.05) is 7.11 Å². The third-order valence-corrected chi connectivity index (χ3v) is 2.35. The third kappa shape index (κ3) is 2.10. The minimum absolute atomic E-state index is 0.00565. The second kappa shape index (κ2) is 4.25. The van der Waals surface area contributed by atoms with Gasteiger partial charge in [0.2, 0.25) is 0 Å². The molecule has 6 nitrogen and oxygen atoms in total. The molecule has 0 aliphatic heterocycles. The van der Waals surface area contributed by atoms with Crippen molar-refractivity contribution in [3.8, 4) is 11.4 Å². The molecule has 6 heteroatoms. The first kappa shape index (κ1) is 11.1. The lowest BCUT2D eigenvalue weighted by Gasteiger charge is -2.05. The molecule has 0 bridgehead atoms. The average molecular weight is 233 g/mol. The summed E-state index contributed by atoms with van der Waals surface area (Å²) in [6, 6.07) is 6.33. The molecule has 0 spiro atoms. The molecule has 88 valence electrons. The van der Waals surface area contributed by atoms with Crippen LogP contribution in [0.2, 0.25) is 0 Å². The van der Waals surface area contributed by atoms with Crippen molar-refractivity contribution in [2.24, 2.45) is 0 Å². The Labute approximate surface area is 97.6 Å². The maximum atomic E-state index is 10.9. The second-order valence-corrected chi connectivity index (χ2v) is 3.51. The first-order valence-corrected chi connectivity index (χ1v) is 4.97. The minimum Gasteiger partial charge on any atom is -0.497 e. The van der Waals surface area contributed by atoms with Crippen molar-refractivity contribution in [2.45, 2.75) is 6.92 Å². The number of nitro benzene ring substituents is 1. The molecule has 1 heterocycles. The Balaban J connectivity index is 2.60. The van der Waals surface area contributed by atoms with Crippen LogP contribution in [-0.2, 0) is 0 Å². The number of nitrogens with zero attached hydrogens (tertiary/aromatic N) is 3. The first-order valence-electron chi connectivity index (χ1n) is 4.97. The molecule has 1 aromatic carbocycles. The number of methoxy groups -OCH3 is 1. The largest absolute Gasteiger partial charge is 0.497 e. The molecule has 2 aromatic rings. The standard InChI is InChI=1S/C11H11N3O3/c1-8-5-6-13(12-8)11-7-9(17-2)3-4-10(11)14(15)16/h3-7H,1-2H3. The topological polar surface area (TPSA) is 70.2 Å². The van der Waals surface area contributed by atoms with Crippen LogP contribution in [0.1, 0.15) is 5.69 Å². The molecule has 0 unspecified atom stereocenters. The normalized spacial score (nSPS) is 10.2. The minimum atomic E-state index is -0.439. The smallest absolute Gasteiger partial charge is 0.295 e. The average Bonchev–Trinajstić information content (AvgIpc) is 2.75. The van der Waals surface area contributed by atoms with E-state index in [1.807, 2.05) is 6.92 Å². The lowest BCUT2D eigenvalue weighted by atomic mass is 10.2. The molecule has 0 fully saturated rings. The predicted molar refractivity (Wildman–Crippen MR) is 61.5 cm³/mol. The van der Waals surface area contributed by atoms with Crippen molar-refractivity contribution in [3.05, 3.63) is 46.3 Å². The monoisotopic (exact) mass is 233 g/mol. The van der Waals surface area contributed by atoms with Crippen LogP contribution in [0.25, 0.3) is 5.69 Å². The molecule has 0 saturated carbocycles. The van der Waals surface area contributed by atoms with Crippen molar-refractivity contribution in [1.29, 1.82) is 0 Å². The van der Waals surface area contributed by atoms with Crippen LogP contribution >= 0.6 is 0 Å². The summed E-state index contributed by atoms with van der Waals surface area (Å²) < 4.78 is 6.52. The Morgan fingerprint density at radius 1 is 1.41 bits per heavy atom. The van der Waals surface area contributed by atoms with Gasteiger partial charge in [-0.1, -0.05) is 0 Å². The zero-order chi connectivity index (χ0) is 12.4. The highest BCUT2D eigenvalue weighted by Crippen LogP contribution is 2.26. The summed E-state index contributed by atoms with van der Waals surface area (Å²) in [4.78, 5) is 10.5. The van der Waals surface area contributed by atoms with E-state index in [4.69, 9.17) is 4.74 Å². The lowest BCUT2D eigenvalue weighted by Crippen LogP contribution is -2.01. The van der Waals surface area contributed by atoms with Gasteiger partial charge in [0.15, 0.2) is 0 Å². The highest BCUT2D eigenvalue weighted by molar-refractivity contribution is 5.55. The van der Waals surface area contributed by atoms with Crippen LogP contribution < -0.4 is 4.74 Å². The third-order valence-electron chi connectivity index (χ3n) is 2.35. The zero-order valence-corrected chi connectivity index (χ0v) is 9.45. The molecular formula is C11H11N3O3. The number of hydrogen-bond acceptors (Lipinski definition) is 4. The fraction of sp³-hybridized carbons (Fsp3) is 0.182. The number of benzene rings is 1. The fourth-order valence-corrected chi connectivity index (χ4v) is 1.52. The van der Waals surface area contributed by atoms with Crippen LogP contribution in [0.3, 0.4) is 0 Å². The van der Waals surface area contributed by atoms with Gasteiger partial charge >= 0.3 is 0 Å². The molecule has 17 heavy (non-hydrogen) atoms. The Hall–Kier alpha value is -2.37. The van der Waals surface area contributed by atoms with E-state index < -0.39 is 4.92 Å². The number of aryl methyl sites for hydroxylation is 1. The predicted octanol–water partition coefficient (Wildman–Crippen LogP) is 2.10. The van der Waals surface area contributed by atoms with Crippen LogP contribution in [0.15, 0.2) is 30.5 Å². The number of nitro groups is 1. The number of aromatic nitrogens is 2. The Kier molecular flexibility index (Phi) is 2.78. The maximum Gasteiger partial charge on any atom is 0.295 e. The van der Waals surface area contributed by atoms with E-state index in [2.05, 4.69) is 5.10 Å². The summed E-state index contributed by atoms with van der Waals surface area (Å²) >= 11 is 0. The number of rotatable bonds is 3. The van der Waals surface area contributed by atoms with E-state index in [0.29, 0.717) is 11.4 Å². The summed E-state index contributed by atoms with van der Waals surface area (Å²) in [6.45, 7) is 1.82. The first-order chi connectivity index (χ1) is 8.11. The molecule has 0 aliphatic rings. The van der Waals surface area contributed by atoms with Crippen molar-refractivity contribution < 1.29 is 9.66 Å². The molecular weight excluding hydrogens is 222 g/mol. The molecule has 0 aliphatic carbocycles. The van der Waals surface area contributed by atoms with Gasteiger partial charge in [0.25, 0.3) is 5.69 Å². The number of hydrogen-bond donors (Lipinski definition) is 0. The van der Waals surface area contributed by atoms with Gasteiger partial charge in [-0.05, 0) is 19.1 Å². The molecule has 0 amide bonds. The maximum absolute atomic E-state index is 10.9. The van der Waals surface area contributed by atoms with Gasteiger partial charge < -0.3 is 4.74 Å². The summed E-state index contributed by atoms with van der Waals surface area (Å²) in [7, 11) is 1.51. The van der Waals surface area contributed by atoms with E-state index in [9.17, 15) is 10.1 Å². The van der Waals surface area contributed by atoms with E-state index in [0.717, 1.165) is 5.69 Å². The van der Waals surface area contributed by atoms with E-state index in [-0.39, 0.29) is 5.69 Å². The van der Waals surface area contributed by atoms with Crippen molar-refractivity contribution in [1.82, 2.24) is 9.78 Å². The van der Waals surface area contributed by atoms with Crippen LogP contribution in [0, 0.1) is 17.0 Å². The summed E-state index contributed by atoms with van der Waals surface area (Å²) in [5.41, 5.74) is 1.18. The molecule has 2 rings (SSSR count). The lowest BCUT2D eigenvalue weighted by molar-refractivity contribution is -0.384. The van der Waals surface area contributed by atoms with Gasteiger partial charge in [0, 0.05) is 18.3 Å². The van der Waals surface area contributed by atoms with Gasteiger partial charge in [-0.25, -0.2) is 4.68 Å².